The minimum atomic E-state index is 0.416. The second kappa shape index (κ2) is 6.29. The van der Waals surface area contributed by atoms with E-state index >= 15 is 0 Å². The average Bonchev–Trinajstić information content (AvgIpc) is 2.26. The first-order valence-electron chi connectivity index (χ1n) is 5.22. The minimum Gasteiger partial charge on any atom is -0.398 e. The molecule has 0 heterocycles. The van der Waals surface area contributed by atoms with Crippen molar-refractivity contribution >= 4 is 23.1 Å². The maximum atomic E-state index is 8.75. The first-order valence-corrected chi connectivity index (χ1v) is 6.62. The van der Waals surface area contributed by atoms with Crippen molar-refractivity contribution in [1.82, 2.24) is 0 Å². The van der Waals surface area contributed by atoms with E-state index in [-0.39, 0.29) is 0 Å². The van der Waals surface area contributed by atoms with Crippen LogP contribution in [-0.4, -0.2) is 18.1 Å². The monoisotopic (exact) mass is 235 g/mol. The largest absolute Gasteiger partial charge is 0.398 e. The van der Waals surface area contributed by atoms with Crippen LogP contribution in [0.2, 0.25) is 0 Å². The van der Waals surface area contributed by atoms with Crippen LogP contribution in [0.25, 0.3) is 0 Å². The molecule has 0 bridgehead atoms. The molecule has 0 aliphatic carbocycles. The predicted octanol–water partition coefficient (Wildman–Crippen LogP) is 2.69. The van der Waals surface area contributed by atoms with Crippen LogP contribution < -0.4 is 11.1 Å². The lowest BCUT2D eigenvalue weighted by atomic mass is 10.1. The third-order valence-corrected chi connectivity index (χ3v) is 2.98. The van der Waals surface area contributed by atoms with E-state index in [1.54, 1.807) is 6.07 Å². The Morgan fingerprint density at radius 1 is 1.56 bits per heavy atom. The second-order valence-electron chi connectivity index (χ2n) is 3.74. The van der Waals surface area contributed by atoms with Crippen LogP contribution in [-0.2, 0) is 0 Å². The summed E-state index contributed by atoms with van der Waals surface area (Å²) in [6, 6.07) is 7.93. The smallest absolute Gasteiger partial charge is 0.101 e. The van der Waals surface area contributed by atoms with E-state index in [0.29, 0.717) is 17.3 Å². The van der Waals surface area contributed by atoms with Crippen molar-refractivity contribution in [3.63, 3.8) is 0 Å². The highest BCUT2D eigenvalue weighted by atomic mass is 32.2. The number of nitrogen functional groups attached to an aromatic ring is 1. The SMILES string of the molecule is CSCCC(C)Nc1ccc(C#N)c(N)c1. The van der Waals surface area contributed by atoms with E-state index < -0.39 is 0 Å². The summed E-state index contributed by atoms with van der Waals surface area (Å²) in [5.41, 5.74) is 7.78. The Labute approximate surface area is 101 Å². The van der Waals surface area contributed by atoms with E-state index in [2.05, 4.69) is 24.6 Å². The molecular formula is C12H17N3S. The van der Waals surface area contributed by atoms with Crippen molar-refractivity contribution in [2.24, 2.45) is 0 Å². The number of nitriles is 1. The molecule has 1 aromatic carbocycles. The maximum absolute atomic E-state index is 8.75. The third-order valence-electron chi connectivity index (χ3n) is 2.34. The molecule has 0 saturated heterocycles. The number of hydrogen-bond donors (Lipinski definition) is 2. The Hall–Kier alpha value is -1.34. The number of nitrogens with zero attached hydrogens (tertiary/aromatic N) is 1. The summed E-state index contributed by atoms with van der Waals surface area (Å²) in [7, 11) is 0. The normalized spacial score (nSPS) is 11.8. The molecule has 0 fully saturated rings. The molecule has 16 heavy (non-hydrogen) atoms. The van der Waals surface area contributed by atoms with Gasteiger partial charge in [0.05, 0.1) is 11.3 Å². The Balaban J connectivity index is 2.61. The van der Waals surface area contributed by atoms with Crippen molar-refractivity contribution in [2.45, 2.75) is 19.4 Å². The van der Waals surface area contributed by atoms with Crippen LogP contribution in [0, 0.1) is 11.3 Å². The molecule has 0 radical (unpaired) electrons. The molecule has 0 saturated carbocycles. The molecule has 3 nitrogen and oxygen atoms in total. The predicted molar refractivity (Wildman–Crippen MR) is 71.7 cm³/mol. The van der Waals surface area contributed by atoms with E-state index in [0.717, 1.165) is 17.9 Å². The highest BCUT2D eigenvalue weighted by Gasteiger charge is 2.03. The fourth-order valence-electron chi connectivity index (χ4n) is 1.41. The number of nitrogens with one attached hydrogen (secondary N) is 1. The van der Waals surface area contributed by atoms with Crippen molar-refractivity contribution in [1.29, 1.82) is 5.26 Å². The number of nitrogens with two attached hydrogens (primary N) is 1. The van der Waals surface area contributed by atoms with E-state index in [1.165, 1.54) is 0 Å². The van der Waals surface area contributed by atoms with Gasteiger partial charge in [-0.25, -0.2) is 0 Å². The summed E-state index contributed by atoms with van der Waals surface area (Å²) in [6.45, 7) is 2.14. The Bertz CT molecular complexity index is 384. The van der Waals surface area contributed by atoms with Gasteiger partial charge in [-0.1, -0.05) is 0 Å². The van der Waals surface area contributed by atoms with Crippen LogP contribution in [0.4, 0.5) is 11.4 Å². The van der Waals surface area contributed by atoms with Crippen LogP contribution in [0.5, 0.6) is 0 Å². The van der Waals surface area contributed by atoms with Crippen molar-refractivity contribution < 1.29 is 0 Å². The number of benzene rings is 1. The quantitative estimate of drug-likeness (QED) is 0.770. The summed E-state index contributed by atoms with van der Waals surface area (Å²) in [6.07, 6.45) is 3.22. The minimum absolute atomic E-state index is 0.416. The van der Waals surface area contributed by atoms with Gasteiger partial charge in [-0.05, 0) is 43.6 Å². The first kappa shape index (κ1) is 12.7. The molecule has 0 aromatic heterocycles. The summed E-state index contributed by atoms with van der Waals surface area (Å²) in [5, 5.41) is 12.1. The van der Waals surface area contributed by atoms with Gasteiger partial charge >= 0.3 is 0 Å². The van der Waals surface area contributed by atoms with Gasteiger partial charge in [-0.3, -0.25) is 0 Å². The van der Waals surface area contributed by atoms with Gasteiger partial charge < -0.3 is 11.1 Å². The standard InChI is InChI=1S/C12H17N3S/c1-9(5-6-16-2)15-11-4-3-10(8-13)12(14)7-11/h3-4,7,9,15H,5-6,14H2,1-2H3. The molecule has 1 rings (SSSR count). The Kier molecular flexibility index (Phi) is 5.00. The maximum Gasteiger partial charge on any atom is 0.101 e. The first-order chi connectivity index (χ1) is 7.67. The van der Waals surface area contributed by atoms with Crippen LogP contribution in [0.1, 0.15) is 18.9 Å². The molecule has 0 spiro atoms. The fourth-order valence-corrected chi connectivity index (χ4v) is 1.99. The van der Waals surface area contributed by atoms with Crippen LogP contribution >= 0.6 is 11.8 Å². The van der Waals surface area contributed by atoms with E-state index in [4.69, 9.17) is 11.0 Å². The van der Waals surface area contributed by atoms with Gasteiger partial charge in [-0.2, -0.15) is 17.0 Å². The molecule has 1 aromatic rings. The lowest BCUT2D eigenvalue weighted by Gasteiger charge is -2.15. The molecule has 86 valence electrons. The average molecular weight is 235 g/mol. The highest BCUT2D eigenvalue weighted by Crippen LogP contribution is 2.18. The van der Waals surface area contributed by atoms with Gasteiger partial charge in [0.1, 0.15) is 6.07 Å². The number of hydrogen-bond acceptors (Lipinski definition) is 4. The zero-order chi connectivity index (χ0) is 12.0. The van der Waals surface area contributed by atoms with Gasteiger partial charge in [-0.15, -0.1) is 0 Å². The second-order valence-corrected chi connectivity index (χ2v) is 4.73. The van der Waals surface area contributed by atoms with Gasteiger partial charge in [0.25, 0.3) is 0 Å². The van der Waals surface area contributed by atoms with E-state index in [1.807, 2.05) is 23.9 Å². The molecule has 3 N–H and O–H groups in total. The molecule has 1 atom stereocenters. The summed E-state index contributed by atoms with van der Waals surface area (Å²) in [5.74, 6) is 1.14. The Morgan fingerprint density at radius 3 is 2.88 bits per heavy atom. The van der Waals surface area contributed by atoms with E-state index in [9.17, 15) is 0 Å². The highest BCUT2D eigenvalue weighted by molar-refractivity contribution is 7.98. The lowest BCUT2D eigenvalue weighted by molar-refractivity contribution is 0.772. The third kappa shape index (κ3) is 3.67. The van der Waals surface area contributed by atoms with Crippen LogP contribution in [0.3, 0.4) is 0 Å². The summed E-state index contributed by atoms with van der Waals surface area (Å²) >= 11 is 1.84. The molecule has 1 unspecified atom stereocenters. The molecular weight excluding hydrogens is 218 g/mol. The fraction of sp³-hybridized carbons (Fsp3) is 0.417. The zero-order valence-electron chi connectivity index (χ0n) is 9.66. The van der Waals surface area contributed by atoms with Crippen molar-refractivity contribution in [3.05, 3.63) is 23.8 Å². The molecule has 0 aliphatic heterocycles. The van der Waals surface area contributed by atoms with Crippen molar-refractivity contribution in [2.75, 3.05) is 23.1 Å². The van der Waals surface area contributed by atoms with Crippen molar-refractivity contribution in [3.8, 4) is 6.07 Å². The lowest BCUT2D eigenvalue weighted by Crippen LogP contribution is -2.16. The topological polar surface area (TPSA) is 61.8 Å². The Morgan fingerprint density at radius 2 is 2.31 bits per heavy atom. The molecule has 0 aliphatic rings. The molecule has 0 amide bonds. The summed E-state index contributed by atoms with van der Waals surface area (Å²) < 4.78 is 0. The zero-order valence-corrected chi connectivity index (χ0v) is 10.5. The summed E-state index contributed by atoms with van der Waals surface area (Å²) in [4.78, 5) is 0. The van der Waals surface area contributed by atoms with Gasteiger partial charge in [0.2, 0.25) is 0 Å². The molecule has 4 heteroatoms. The van der Waals surface area contributed by atoms with Gasteiger partial charge in [0.15, 0.2) is 0 Å². The number of thioether (sulfide) groups is 1. The number of rotatable bonds is 5. The number of anilines is 2. The van der Waals surface area contributed by atoms with Gasteiger partial charge in [0, 0.05) is 11.7 Å². The van der Waals surface area contributed by atoms with Crippen LogP contribution in [0.15, 0.2) is 18.2 Å².